The zero-order valence-corrected chi connectivity index (χ0v) is 15.3. The first kappa shape index (κ1) is 16.7. The van der Waals surface area contributed by atoms with E-state index in [-0.39, 0.29) is 0 Å². The zero-order valence-electron chi connectivity index (χ0n) is 12.9. The molecule has 1 aliphatic rings. The molecule has 124 valence electrons. The Morgan fingerprint density at radius 2 is 2.12 bits per heavy atom. The number of fused-ring (bicyclic) bond motifs is 1. The number of nitrogens with zero attached hydrogens (tertiary/aromatic N) is 3. The lowest BCUT2D eigenvalue weighted by Gasteiger charge is -2.23. The first-order chi connectivity index (χ1) is 11.4. The fourth-order valence-corrected chi connectivity index (χ4v) is 3.44. The van der Waals surface area contributed by atoms with Crippen LogP contribution in [0.5, 0.6) is 0 Å². The fraction of sp³-hybridized carbons (Fsp3) is 0.267. The predicted molar refractivity (Wildman–Crippen MR) is 93.3 cm³/mol. The monoisotopic (exact) mass is 408 g/mol. The molecule has 0 saturated carbocycles. The van der Waals surface area contributed by atoms with Gasteiger partial charge in [-0.25, -0.2) is 0 Å². The van der Waals surface area contributed by atoms with Gasteiger partial charge in [0.1, 0.15) is 11.0 Å². The lowest BCUT2D eigenvalue weighted by molar-refractivity contribution is -0.120. The Bertz CT molecular complexity index is 851. The van der Waals surface area contributed by atoms with Crippen molar-refractivity contribution in [2.75, 3.05) is 10.2 Å². The normalized spacial score (nSPS) is 14.7. The number of amides is 2. The van der Waals surface area contributed by atoms with Gasteiger partial charge in [-0.05, 0) is 31.5 Å². The molecule has 1 aromatic carbocycles. The number of halogens is 1. The summed E-state index contributed by atoms with van der Waals surface area (Å²) in [5.74, 6) is -1.75. The maximum Gasteiger partial charge on any atom is 0.300 e. The van der Waals surface area contributed by atoms with Crippen molar-refractivity contribution in [1.82, 2.24) is 10.2 Å². The third-order valence-electron chi connectivity index (χ3n) is 3.64. The van der Waals surface area contributed by atoms with Crippen molar-refractivity contribution in [3.05, 3.63) is 33.2 Å². The third kappa shape index (κ3) is 2.84. The zero-order chi connectivity index (χ0) is 17.4. The van der Waals surface area contributed by atoms with Gasteiger partial charge in [-0.1, -0.05) is 34.2 Å². The standard InChI is InChI=1S/C15H13BrN4O3S/c1-3-11-18-19-15(24-11)17-13(22)7(2)20-10-5-4-8(16)6-9(10)12(21)14(20)23/h4-7H,3H2,1-2H3,(H,17,19,22). The molecule has 0 aliphatic carbocycles. The van der Waals surface area contributed by atoms with Crippen LogP contribution in [0.15, 0.2) is 22.7 Å². The van der Waals surface area contributed by atoms with E-state index < -0.39 is 23.6 Å². The summed E-state index contributed by atoms with van der Waals surface area (Å²) in [5.41, 5.74) is 0.723. The maximum atomic E-state index is 12.4. The van der Waals surface area contributed by atoms with E-state index in [1.807, 2.05) is 6.92 Å². The van der Waals surface area contributed by atoms with Gasteiger partial charge in [-0.15, -0.1) is 10.2 Å². The van der Waals surface area contributed by atoms with Gasteiger partial charge < -0.3 is 0 Å². The summed E-state index contributed by atoms with van der Waals surface area (Å²) in [6.45, 7) is 3.51. The Hall–Kier alpha value is -2.13. The summed E-state index contributed by atoms with van der Waals surface area (Å²) < 4.78 is 0.697. The summed E-state index contributed by atoms with van der Waals surface area (Å²) in [7, 11) is 0. The molecule has 3 rings (SSSR count). The molecular formula is C15H13BrN4O3S. The van der Waals surface area contributed by atoms with E-state index in [2.05, 4.69) is 31.4 Å². The molecule has 1 unspecified atom stereocenters. The molecule has 0 fully saturated rings. The molecule has 1 aromatic heterocycles. The van der Waals surface area contributed by atoms with Gasteiger partial charge >= 0.3 is 0 Å². The van der Waals surface area contributed by atoms with Crippen LogP contribution in [-0.2, 0) is 16.0 Å². The number of anilines is 2. The van der Waals surface area contributed by atoms with Crippen LogP contribution >= 0.6 is 27.3 Å². The van der Waals surface area contributed by atoms with Gasteiger partial charge in [0.25, 0.3) is 11.7 Å². The van der Waals surface area contributed by atoms with E-state index in [4.69, 9.17) is 0 Å². The largest absolute Gasteiger partial charge is 0.300 e. The summed E-state index contributed by atoms with van der Waals surface area (Å²) in [6, 6.07) is 4.10. The number of carbonyl (C=O) groups excluding carboxylic acids is 3. The molecule has 2 amide bonds. The van der Waals surface area contributed by atoms with Gasteiger partial charge in [0.05, 0.1) is 11.3 Å². The molecule has 2 heterocycles. The van der Waals surface area contributed by atoms with Crippen LogP contribution in [0.25, 0.3) is 0 Å². The highest BCUT2D eigenvalue weighted by atomic mass is 79.9. The molecule has 0 bridgehead atoms. The van der Waals surface area contributed by atoms with Gasteiger partial charge in [-0.2, -0.15) is 0 Å². The van der Waals surface area contributed by atoms with Crippen molar-refractivity contribution in [2.24, 2.45) is 0 Å². The molecule has 1 atom stereocenters. The quantitative estimate of drug-likeness (QED) is 0.784. The Morgan fingerprint density at radius 1 is 1.38 bits per heavy atom. The molecule has 1 aliphatic heterocycles. The minimum Gasteiger partial charge on any atom is -0.299 e. The molecule has 7 nitrogen and oxygen atoms in total. The number of carbonyl (C=O) groups is 3. The van der Waals surface area contributed by atoms with E-state index in [0.717, 1.165) is 11.4 Å². The number of Topliss-reactive ketones (excluding diaryl/α,β-unsaturated/α-hetero) is 1. The SMILES string of the molecule is CCc1nnc(NC(=O)C(C)N2C(=O)C(=O)c3cc(Br)ccc32)s1. The first-order valence-electron chi connectivity index (χ1n) is 7.23. The Balaban J connectivity index is 1.84. The molecule has 2 aromatic rings. The Morgan fingerprint density at radius 3 is 2.79 bits per heavy atom. The number of aryl methyl sites for hydroxylation is 1. The van der Waals surface area contributed by atoms with Gasteiger partial charge in [-0.3, -0.25) is 24.6 Å². The van der Waals surface area contributed by atoms with Crippen LogP contribution < -0.4 is 10.2 Å². The van der Waals surface area contributed by atoms with Crippen LogP contribution in [0, 0.1) is 0 Å². The van der Waals surface area contributed by atoms with Crippen molar-refractivity contribution >= 4 is 55.7 Å². The Labute approximate surface area is 150 Å². The predicted octanol–water partition coefficient (Wildman–Crippen LogP) is 2.42. The topological polar surface area (TPSA) is 92.3 Å². The summed E-state index contributed by atoms with van der Waals surface area (Å²) in [4.78, 5) is 38.0. The number of ketones is 1. The van der Waals surface area contributed by atoms with Crippen molar-refractivity contribution in [3.8, 4) is 0 Å². The fourth-order valence-electron chi connectivity index (χ4n) is 2.39. The first-order valence-corrected chi connectivity index (χ1v) is 8.84. The molecule has 1 N–H and O–H groups in total. The summed E-state index contributed by atoms with van der Waals surface area (Å²) in [5, 5.41) is 11.6. The number of nitrogens with one attached hydrogen (secondary N) is 1. The number of hydrogen-bond donors (Lipinski definition) is 1. The second-order valence-electron chi connectivity index (χ2n) is 5.19. The smallest absolute Gasteiger partial charge is 0.299 e. The van der Waals surface area contributed by atoms with E-state index in [1.54, 1.807) is 25.1 Å². The van der Waals surface area contributed by atoms with Crippen LogP contribution in [0.4, 0.5) is 10.8 Å². The number of benzene rings is 1. The highest BCUT2D eigenvalue weighted by Crippen LogP contribution is 2.33. The summed E-state index contributed by atoms with van der Waals surface area (Å²) >= 11 is 4.56. The van der Waals surface area contributed by atoms with Crippen molar-refractivity contribution in [3.63, 3.8) is 0 Å². The molecule has 24 heavy (non-hydrogen) atoms. The molecule has 0 radical (unpaired) electrons. The average molecular weight is 409 g/mol. The van der Waals surface area contributed by atoms with Gasteiger partial charge in [0.2, 0.25) is 11.0 Å². The number of rotatable bonds is 4. The van der Waals surface area contributed by atoms with Crippen molar-refractivity contribution < 1.29 is 14.4 Å². The van der Waals surface area contributed by atoms with Gasteiger partial charge in [0.15, 0.2) is 0 Å². The highest BCUT2D eigenvalue weighted by Gasteiger charge is 2.40. The van der Waals surface area contributed by atoms with Crippen LogP contribution in [-0.4, -0.2) is 33.8 Å². The minimum absolute atomic E-state index is 0.290. The molecule has 0 saturated heterocycles. The highest BCUT2D eigenvalue weighted by molar-refractivity contribution is 9.10. The second kappa shape index (κ2) is 6.40. The maximum absolute atomic E-state index is 12.4. The third-order valence-corrected chi connectivity index (χ3v) is 5.12. The molecular weight excluding hydrogens is 396 g/mol. The second-order valence-corrected chi connectivity index (χ2v) is 7.16. The van der Waals surface area contributed by atoms with E-state index in [1.165, 1.54) is 16.2 Å². The van der Waals surface area contributed by atoms with E-state index in [0.29, 0.717) is 20.9 Å². The van der Waals surface area contributed by atoms with Crippen molar-refractivity contribution in [1.29, 1.82) is 0 Å². The molecule has 9 heteroatoms. The summed E-state index contributed by atoms with van der Waals surface area (Å²) in [6.07, 6.45) is 0.727. The van der Waals surface area contributed by atoms with Crippen LogP contribution in [0.2, 0.25) is 0 Å². The van der Waals surface area contributed by atoms with Crippen LogP contribution in [0.1, 0.15) is 29.2 Å². The minimum atomic E-state index is -0.849. The number of hydrogen-bond acceptors (Lipinski definition) is 6. The van der Waals surface area contributed by atoms with Crippen molar-refractivity contribution in [2.45, 2.75) is 26.3 Å². The van der Waals surface area contributed by atoms with E-state index in [9.17, 15) is 14.4 Å². The van der Waals surface area contributed by atoms with Crippen LogP contribution in [0.3, 0.4) is 0 Å². The lowest BCUT2D eigenvalue weighted by Crippen LogP contribution is -2.45. The lowest BCUT2D eigenvalue weighted by atomic mass is 10.1. The average Bonchev–Trinajstić information content (AvgIpc) is 3.11. The van der Waals surface area contributed by atoms with Gasteiger partial charge in [0, 0.05) is 4.47 Å². The van der Waals surface area contributed by atoms with E-state index >= 15 is 0 Å². The number of aromatic nitrogens is 2. The Kier molecular flexibility index (Phi) is 4.46. The molecule has 0 spiro atoms.